The largest absolute Gasteiger partial charge is 0.380 e. The molecule has 2 aromatic carbocycles. The molecule has 1 saturated carbocycles. The molecule has 6 atom stereocenters. The van der Waals surface area contributed by atoms with Crippen LogP contribution in [0.1, 0.15) is 89.9 Å². The predicted molar refractivity (Wildman–Crippen MR) is 163 cm³/mol. The van der Waals surface area contributed by atoms with Gasteiger partial charge in [-0.3, -0.25) is 0 Å². The van der Waals surface area contributed by atoms with Gasteiger partial charge in [-0.15, -0.1) is 9.24 Å². The Hall–Kier alpha value is -1.04. The standard InChI is InChI=1S/C20H24O.C12H21P.H3OP/c1-14(15-7-3-2-4-8-15)21-19-13-17-11-5-9-16-10-6-12-18(19)20(16)17;1-4-10(2)12(3)7-5-11(9-13)6-8-12;1-2/h5-6,9-12,14-15,19H,2-4,7-8,13H2,1H3;5-7,10H,4,8-9,13H2,1-3H3;1H,2H2. The molecule has 198 valence electrons. The van der Waals surface area contributed by atoms with Crippen molar-refractivity contribution < 1.29 is 9.63 Å². The second kappa shape index (κ2) is 14.2. The number of allylic oxidation sites excluding steroid dienone is 4. The van der Waals surface area contributed by atoms with Crippen LogP contribution in [0.2, 0.25) is 0 Å². The highest BCUT2D eigenvalue weighted by atomic mass is 31.0. The fraction of sp³-hybridized carbons (Fsp3) is 0.562. The molecule has 2 nitrogen and oxygen atoms in total. The molecule has 0 aromatic heterocycles. The van der Waals surface area contributed by atoms with Crippen molar-refractivity contribution in [2.45, 2.75) is 91.3 Å². The summed E-state index contributed by atoms with van der Waals surface area (Å²) in [6.07, 6.45) is 19.3. The van der Waals surface area contributed by atoms with Crippen molar-refractivity contribution >= 4 is 29.5 Å². The van der Waals surface area contributed by atoms with Gasteiger partial charge in [0.25, 0.3) is 0 Å². The lowest BCUT2D eigenvalue weighted by Crippen LogP contribution is -2.25. The van der Waals surface area contributed by atoms with Crippen LogP contribution in [-0.2, 0) is 11.2 Å². The zero-order chi connectivity index (χ0) is 26.1. The van der Waals surface area contributed by atoms with Crippen molar-refractivity contribution in [3.63, 3.8) is 0 Å². The van der Waals surface area contributed by atoms with Crippen molar-refractivity contribution in [3.8, 4) is 0 Å². The predicted octanol–water partition coefficient (Wildman–Crippen LogP) is 8.99. The van der Waals surface area contributed by atoms with Gasteiger partial charge in [0, 0.05) is 6.42 Å². The third-order valence-corrected chi connectivity index (χ3v) is 9.40. The first kappa shape index (κ1) is 29.5. The van der Waals surface area contributed by atoms with Gasteiger partial charge in [0.2, 0.25) is 0 Å². The summed E-state index contributed by atoms with van der Waals surface area (Å²) in [6, 6.07) is 13.3. The molecule has 3 aliphatic rings. The first-order valence-electron chi connectivity index (χ1n) is 13.9. The summed E-state index contributed by atoms with van der Waals surface area (Å²) >= 11 is 0. The van der Waals surface area contributed by atoms with Crippen molar-refractivity contribution in [3.05, 3.63) is 71.3 Å². The summed E-state index contributed by atoms with van der Waals surface area (Å²) in [6.45, 7) is 9.29. The molecule has 4 heteroatoms. The number of hydrogen-bond acceptors (Lipinski definition) is 2. The lowest BCUT2D eigenvalue weighted by Gasteiger charge is -2.33. The van der Waals surface area contributed by atoms with Crippen LogP contribution in [0.25, 0.3) is 10.8 Å². The SMILES string of the molecule is CC(OC1Cc2cccc3cccc1c23)C1CCCCC1.CCC(C)C1(C)C=CC(CP)=CC1.OP. The molecule has 0 radical (unpaired) electrons. The number of rotatable bonds is 6. The molecular weight excluding hydrogens is 478 g/mol. The van der Waals surface area contributed by atoms with Crippen LogP contribution < -0.4 is 0 Å². The zero-order valence-electron chi connectivity index (χ0n) is 22.9. The third kappa shape index (κ3) is 7.08. The maximum absolute atomic E-state index is 6.92. The van der Waals surface area contributed by atoms with Gasteiger partial charge in [-0.2, -0.15) is 0 Å². The molecule has 0 amide bonds. The van der Waals surface area contributed by atoms with Gasteiger partial charge in [-0.1, -0.05) is 101 Å². The summed E-state index contributed by atoms with van der Waals surface area (Å²) in [7, 11) is 4.20. The van der Waals surface area contributed by atoms with Gasteiger partial charge in [0.1, 0.15) is 0 Å². The van der Waals surface area contributed by atoms with Crippen LogP contribution in [0.15, 0.2) is 60.2 Å². The van der Waals surface area contributed by atoms with Crippen molar-refractivity contribution in [1.82, 2.24) is 0 Å². The molecule has 6 unspecified atom stereocenters. The van der Waals surface area contributed by atoms with E-state index in [0.29, 0.717) is 11.5 Å². The molecule has 36 heavy (non-hydrogen) atoms. The third-order valence-electron chi connectivity index (χ3n) is 8.92. The lowest BCUT2D eigenvalue weighted by atomic mass is 9.72. The van der Waals surface area contributed by atoms with Crippen LogP contribution in [0.4, 0.5) is 0 Å². The smallest absolute Gasteiger partial charge is 0.0875 e. The van der Waals surface area contributed by atoms with Crippen molar-refractivity contribution in [2.75, 3.05) is 6.16 Å². The van der Waals surface area contributed by atoms with Gasteiger partial charge in [-0.05, 0) is 86.5 Å². The molecule has 2 aromatic rings. The highest BCUT2D eigenvalue weighted by Crippen LogP contribution is 2.41. The summed E-state index contributed by atoms with van der Waals surface area (Å²) in [5, 5.41) is 2.81. The fourth-order valence-electron chi connectivity index (χ4n) is 6.06. The monoisotopic (exact) mass is 526 g/mol. The van der Waals surface area contributed by atoms with Crippen molar-refractivity contribution in [1.29, 1.82) is 0 Å². The maximum atomic E-state index is 6.92. The molecule has 0 heterocycles. The van der Waals surface area contributed by atoms with Crippen LogP contribution in [0, 0.1) is 17.3 Å². The van der Waals surface area contributed by atoms with Gasteiger partial charge < -0.3 is 9.63 Å². The average molecular weight is 527 g/mol. The average Bonchev–Trinajstić information content (AvgIpc) is 3.29. The molecule has 0 spiro atoms. The molecule has 5 rings (SSSR count). The minimum Gasteiger partial charge on any atom is -0.380 e. The quantitative estimate of drug-likeness (QED) is 0.381. The zero-order valence-corrected chi connectivity index (χ0v) is 25.2. The Bertz CT molecular complexity index is 1020. The van der Waals surface area contributed by atoms with Gasteiger partial charge in [0.15, 0.2) is 0 Å². The maximum Gasteiger partial charge on any atom is 0.0875 e. The molecule has 0 aliphatic heterocycles. The first-order chi connectivity index (χ1) is 17.4. The second-order valence-electron chi connectivity index (χ2n) is 11.1. The number of benzene rings is 2. The molecule has 3 aliphatic carbocycles. The Morgan fingerprint density at radius 1 is 1.06 bits per heavy atom. The van der Waals surface area contributed by atoms with Crippen LogP contribution >= 0.6 is 18.7 Å². The van der Waals surface area contributed by atoms with E-state index in [1.54, 1.807) is 0 Å². The van der Waals surface area contributed by atoms with E-state index in [2.05, 4.69) is 91.6 Å². The van der Waals surface area contributed by atoms with Gasteiger partial charge in [-0.25, -0.2) is 0 Å². The van der Waals surface area contributed by atoms with E-state index in [4.69, 9.17) is 9.63 Å². The van der Waals surface area contributed by atoms with Gasteiger partial charge >= 0.3 is 0 Å². The normalized spacial score (nSPS) is 24.8. The number of hydrogen-bond donors (Lipinski definition) is 1. The van der Waals surface area contributed by atoms with Crippen LogP contribution in [-0.4, -0.2) is 17.2 Å². The Morgan fingerprint density at radius 2 is 1.75 bits per heavy atom. The van der Waals surface area contributed by atoms with E-state index in [1.807, 2.05) is 0 Å². The van der Waals surface area contributed by atoms with Crippen LogP contribution in [0.3, 0.4) is 0 Å². The molecular formula is C32H48O2P2. The van der Waals surface area contributed by atoms with E-state index < -0.39 is 0 Å². The van der Waals surface area contributed by atoms with Crippen molar-refractivity contribution in [2.24, 2.45) is 17.3 Å². The Balaban J connectivity index is 0.000000208. The first-order valence-corrected chi connectivity index (χ1v) is 15.3. The summed E-state index contributed by atoms with van der Waals surface area (Å²) in [4.78, 5) is 6.92. The summed E-state index contributed by atoms with van der Waals surface area (Å²) < 4.78 is 6.52. The Morgan fingerprint density at radius 3 is 2.36 bits per heavy atom. The molecule has 1 fully saturated rings. The van der Waals surface area contributed by atoms with Gasteiger partial charge in [0.05, 0.1) is 12.2 Å². The van der Waals surface area contributed by atoms with E-state index in [1.165, 1.54) is 81.9 Å². The number of ether oxygens (including phenoxy) is 1. The molecule has 0 bridgehead atoms. The minimum absolute atomic E-state index is 0.267. The molecule has 0 saturated heterocycles. The van der Waals surface area contributed by atoms with E-state index in [-0.39, 0.29) is 6.10 Å². The van der Waals surface area contributed by atoms with E-state index >= 15 is 0 Å². The second-order valence-corrected chi connectivity index (χ2v) is 11.5. The lowest BCUT2D eigenvalue weighted by molar-refractivity contribution is -0.0393. The topological polar surface area (TPSA) is 29.5 Å². The fourth-order valence-corrected chi connectivity index (χ4v) is 6.36. The van der Waals surface area contributed by atoms with E-state index in [0.717, 1.165) is 24.4 Å². The summed E-state index contributed by atoms with van der Waals surface area (Å²) in [5.74, 6) is 1.55. The minimum atomic E-state index is 0.267. The highest BCUT2D eigenvalue weighted by molar-refractivity contribution is 7.16. The summed E-state index contributed by atoms with van der Waals surface area (Å²) in [5.41, 5.74) is 4.73. The Labute approximate surface area is 224 Å². The Kier molecular flexibility index (Phi) is 11.6. The van der Waals surface area contributed by atoms with Crippen LogP contribution in [0.5, 0.6) is 0 Å². The highest BCUT2D eigenvalue weighted by Gasteiger charge is 2.29. The molecule has 1 N–H and O–H groups in total. The van der Waals surface area contributed by atoms with E-state index in [9.17, 15) is 0 Å².